The molecule has 3 rings (SSSR count). The molecule has 1 fully saturated rings. The molecule has 1 aliphatic carbocycles. The van der Waals surface area contributed by atoms with Gasteiger partial charge in [0.1, 0.15) is 5.82 Å². The molecule has 1 saturated carbocycles. The molecule has 1 heterocycles. The van der Waals surface area contributed by atoms with E-state index in [1.54, 1.807) is 0 Å². The summed E-state index contributed by atoms with van der Waals surface area (Å²) in [4.78, 5) is 4.87. The first-order valence-electron chi connectivity index (χ1n) is 7.90. The second-order valence-corrected chi connectivity index (χ2v) is 7.55. The Balaban J connectivity index is 2.02. The average Bonchev–Trinajstić information content (AvgIpc) is 2.86. The molecule has 0 amide bonds. The van der Waals surface area contributed by atoms with Crippen molar-refractivity contribution in [2.75, 3.05) is 12.0 Å². The molecule has 1 aromatic heterocycles. The Hall–Kier alpha value is -1.16. The van der Waals surface area contributed by atoms with Crippen LogP contribution in [0.2, 0.25) is 0 Å². The highest BCUT2D eigenvalue weighted by atomic mass is 32.2. The topological polar surface area (TPSA) is 43.8 Å². The van der Waals surface area contributed by atoms with Crippen molar-refractivity contribution >= 4 is 28.5 Å². The minimum absolute atomic E-state index is 0.442. The van der Waals surface area contributed by atoms with Gasteiger partial charge >= 0.3 is 0 Å². The first-order chi connectivity index (χ1) is 10.1. The van der Waals surface area contributed by atoms with Gasteiger partial charge in [0.2, 0.25) is 0 Å². The molecule has 2 N–H and O–H groups in total. The van der Waals surface area contributed by atoms with Crippen LogP contribution in [0.25, 0.3) is 11.0 Å². The second-order valence-electron chi connectivity index (χ2n) is 6.41. The number of rotatable bonds is 3. The van der Waals surface area contributed by atoms with Crippen molar-refractivity contribution in [3.05, 3.63) is 24.0 Å². The number of hydrogen-bond acceptors (Lipinski definition) is 3. The van der Waals surface area contributed by atoms with Crippen LogP contribution in [0.15, 0.2) is 18.2 Å². The van der Waals surface area contributed by atoms with Crippen LogP contribution in [-0.2, 0) is 0 Å². The number of nitrogen functional groups attached to an aromatic ring is 1. The van der Waals surface area contributed by atoms with Gasteiger partial charge in [-0.05, 0) is 50.1 Å². The summed E-state index contributed by atoms with van der Waals surface area (Å²) in [5.74, 6) is 1.65. The summed E-state index contributed by atoms with van der Waals surface area (Å²) in [5, 5.41) is 0.842. The third kappa shape index (κ3) is 2.78. The molecule has 1 aromatic carbocycles. The maximum atomic E-state index is 5.92. The van der Waals surface area contributed by atoms with Crippen LogP contribution in [0.4, 0.5) is 5.69 Å². The quantitative estimate of drug-likeness (QED) is 0.843. The molecule has 0 bridgehead atoms. The first-order valence-corrected chi connectivity index (χ1v) is 9.19. The standard InChI is InChI=1S/C17H25N3S/c1-11(2)17-19-15-10-12(18)4-9-16(15)20(17)13-5-7-14(21-3)8-6-13/h4,9-11,13-14H,5-8,18H2,1-3H3. The minimum atomic E-state index is 0.442. The van der Waals surface area contributed by atoms with Crippen LogP contribution in [0.5, 0.6) is 0 Å². The molecule has 0 saturated heterocycles. The van der Waals surface area contributed by atoms with Gasteiger partial charge < -0.3 is 10.3 Å². The third-order valence-electron chi connectivity index (χ3n) is 4.60. The predicted octanol–water partition coefficient (Wildman–Crippen LogP) is 4.59. The van der Waals surface area contributed by atoms with E-state index in [1.807, 2.05) is 23.9 Å². The van der Waals surface area contributed by atoms with Gasteiger partial charge in [-0.1, -0.05) is 13.8 Å². The Kier molecular flexibility index (Phi) is 4.16. The Morgan fingerprint density at radius 1 is 1.24 bits per heavy atom. The Bertz CT molecular complexity index is 624. The summed E-state index contributed by atoms with van der Waals surface area (Å²) in [6.45, 7) is 4.46. The lowest BCUT2D eigenvalue weighted by Gasteiger charge is -2.30. The largest absolute Gasteiger partial charge is 0.399 e. The average molecular weight is 303 g/mol. The van der Waals surface area contributed by atoms with Crippen molar-refractivity contribution in [3.8, 4) is 0 Å². The second kappa shape index (κ2) is 5.91. The number of imidazole rings is 1. The van der Waals surface area contributed by atoms with E-state index in [1.165, 1.54) is 37.0 Å². The fourth-order valence-corrected chi connectivity index (χ4v) is 4.21. The summed E-state index contributed by atoms with van der Waals surface area (Å²) in [6.07, 6.45) is 7.40. The van der Waals surface area contributed by atoms with Crippen LogP contribution in [0.1, 0.15) is 57.3 Å². The zero-order chi connectivity index (χ0) is 15.0. The molecule has 1 aliphatic rings. The van der Waals surface area contributed by atoms with Gasteiger partial charge in [-0.25, -0.2) is 4.98 Å². The van der Waals surface area contributed by atoms with Gasteiger partial charge in [-0.15, -0.1) is 0 Å². The van der Waals surface area contributed by atoms with Gasteiger partial charge in [0.05, 0.1) is 11.0 Å². The lowest BCUT2D eigenvalue weighted by atomic mass is 9.94. The molecule has 21 heavy (non-hydrogen) atoms. The Morgan fingerprint density at radius 2 is 1.95 bits per heavy atom. The SMILES string of the molecule is CSC1CCC(n2c(C(C)C)nc3cc(N)ccc32)CC1. The number of fused-ring (bicyclic) bond motifs is 1. The van der Waals surface area contributed by atoms with E-state index in [-0.39, 0.29) is 0 Å². The maximum Gasteiger partial charge on any atom is 0.112 e. The maximum absolute atomic E-state index is 5.92. The zero-order valence-corrected chi connectivity index (χ0v) is 14.0. The van der Waals surface area contributed by atoms with Gasteiger partial charge in [0, 0.05) is 22.9 Å². The van der Waals surface area contributed by atoms with Gasteiger partial charge in [-0.3, -0.25) is 0 Å². The summed E-state index contributed by atoms with van der Waals surface area (Å²) in [7, 11) is 0. The van der Waals surface area contributed by atoms with E-state index in [0.717, 1.165) is 16.5 Å². The number of thioether (sulfide) groups is 1. The number of hydrogen-bond donors (Lipinski definition) is 1. The van der Waals surface area contributed by atoms with E-state index in [9.17, 15) is 0 Å². The molecule has 4 heteroatoms. The molecule has 3 nitrogen and oxygen atoms in total. The van der Waals surface area contributed by atoms with E-state index in [0.29, 0.717) is 12.0 Å². The molecule has 0 unspecified atom stereocenters. The summed E-state index contributed by atoms with van der Waals surface area (Å²) in [5.41, 5.74) is 9.02. The first kappa shape index (κ1) is 14.8. The van der Waals surface area contributed by atoms with Gasteiger partial charge in [-0.2, -0.15) is 11.8 Å². The molecule has 2 aromatic rings. The van der Waals surface area contributed by atoms with Crippen LogP contribution < -0.4 is 5.73 Å². The highest BCUT2D eigenvalue weighted by molar-refractivity contribution is 7.99. The third-order valence-corrected chi connectivity index (χ3v) is 5.74. The number of nitrogens with two attached hydrogens (primary N) is 1. The number of benzene rings is 1. The molecular weight excluding hydrogens is 278 g/mol. The fraction of sp³-hybridized carbons (Fsp3) is 0.588. The smallest absolute Gasteiger partial charge is 0.112 e. The van der Waals surface area contributed by atoms with Crippen molar-refractivity contribution in [1.29, 1.82) is 0 Å². The molecule has 0 aliphatic heterocycles. The molecule has 0 radical (unpaired) electrons. The summed E-state index contributed by atoms with van der Waals surface area (Å²) < 4.78 is 2.50. The highest BCUT2D eigenvalue weighted by Crippen LogP contribution is 2.37. The van der Waals surface area contributed by atoms with E-state index < -0.39 is 0 Å². The molecule has 0 spiro atoms. The van der Waals surface area contributed by atoms with E-state index in [4.69, 9.17) is 10.7 Å². The zero-order valence-electron chi connectivity index (χ0n) is 13.2. The van der Waals surface area contributed by atoms with E-state index >= 15 is 0 Å². The fourth-order valence-electron chi connectivity index (χ4n) is 3.46. The number of nitrogens with zero attached hydrogens (tertiary/aromatic N) is 2. The van der Waals surface area contributed by atoms with Crippen LogP contribution in [0, 0.1) is 0 Å². The Labute approximate surface area is 131 Å². The lowest BCUT2D eigenvalue weighted by Crippen LogP contribution is -2.21. The summed E-state index contributed by atoms with van der Waals surface area (Å²) >= 11 is 2.02. The van der Waals surface area contributed by atoms with Crippen molar-refractivity contribution in [2.24, 2.45) is 0 Å². The highest BCUT2D eigenvalue weighted by Gasteiger charge is 2.26. The predicted molar refractivity (Wildman–Crippen MR) is 93.0 cm³/mol. The van der Waals surface area contributed by atoms with Gasteiger partial charge in [0.15, 0.2) is 0 Å². The normalized spacial score (nSPS) is 23.0. The van der Waals surface area contributed by atoms with Crippen molar-refractivity contribution in [2.45, 2.75) is 56.7 Å². The number of aromatic nitrogens is 2. The van der Waals surface area contributed by atoms with Crippen molar-refractivity contribution in [3.63, 3.8) is 0 Å². The van der Waals surface area contributed by atoms with Gasteiger partial charge in [0.25, 0.3) is 0 Å². The molecule has 114 valence electrons. The van der Waals surface area contributed by atoms with Crippen LogP contribution in [0.3, 0.4) is 0 Å². The summed E-state index contributed by atoms with van der Waals surface area (Å²) in [6, 6.07) is 6.74. The number of anilines is 1. The van der Waals surface area contributed by atoms with Crippen LogP contribution >= 0.6 is 11.8 Å². The minimum Gasteiger partial charge on any atom is -0.399 e. The lowest BCUT2D eigenvalue weighted by molar-refractivity contribution is 0.355. The van der Waals surface area contributed by atoms with Crippen molar-refractivity contribution < 1.29 is 0 Å². The monoisotopic (exact) mass is 303 g/mol. The molecule has 0 atom stereocenters. The Morgan fingerprint density at radius 3 is 2.57 bits per heavy atom. The van der Waals surface area contributed by atoms with Crippen LogP contribution in [-0.4, -0.2) is 21.1 Å². The molecular formula is C17H25N3S. The van der Waals surface area contributed by atoms with Crippen molar-refractivity contribution in [1.82, 2.24) is 9.55 Å². The van der Waals surface area contributed by atoms with E-state index in [2.05, 4.69) is 30.7 Å².